The van der Waals surface area contributed by atoms with Crippen molar-refractivity contribution in [2.24, 2.45) is 5.73 Å². The van der Waals surface area contributed by atoms with Gasteiger partial charge in [0.25, 0.3) is 0 Å². The maximum absolute atomic E-state index is 7.41. The maximum atomic E-state index is 7.41. The molecule has 0 aromatic carbocycles. The third kappa shape index (κ3) is 5.16. The van der Waals surface area contributed by atoms with E-state index in [0.717, 1.165) is 0 Å². The van der Waals surface area contributed by atoms with Crippen LogP contribution in [0.5, 0.6) is 0 Å². The molecule has 0 aromatic heterocycles. The molecule has 0 aliphatic heterocycles. The maximum Gasteiger partial charge on any atom is 0.223 e. The standard InChI is InChI=1S/C9H21N3O2/c1-6(2)13-8(4)12(5)14-9(11)7(3)10/h6-8,11H,10H2,1-5H3/t7-,8?/m0/s1. The zero-order valence-corrected chi connectivity index (χ0v) is 9.57. The number of nitrogens with one attached hydrogen (secondary N) is 1. The second kappa shape index (κ2) is 5.95. The molecule has 0 amide bonds. The van der Waals surface area contributed by atoms with Crippen molar-refractivity contribution in [3.05, 3.63) is 0 Å². The number of hydrogen-bond acceptors (Lipinski definition) is 5. The number of nitrogens with zero attached hydrogens (tertiary/aromatic N) is 1. The first-order valence-electron chi connectivity index (χ1n) is 4.74. The average molecular weight is 203 g/mol. The first-order valence-corrected chi connectivity index (χ1v) is 4.74. The molecule has 5 heteroatoms. The van der Waals surface area contributed by atoms with Crippen molar-refractivity contribution in [1.29, 1.82) is 5.41 Å². The molecule has 0 fully saturated rings. The van der Waals surface area contributed by atoms with E-state index < -0.39 is 6.04 Å². The van der Waals surface area contributed by atoms with Crippen LogP contribution in [0.3, 0.4) is 0 Å². The predicted molar refractivity (Wildman–Crippen MR) is 55.9 cm³/mol. The third-order valence-electron chi connectivity index (χ3n) is 1.64. The minimum atomic E-state index is -0.399. The highest BCUT2D eigenvalue weighted by Gasteiger charge is 2.15. The van der Waals surface area contributed by atoms with Crippen molar-refractivity contribution < 1.29 is 9.57 Å². The zero-order valence-electron chi connectivity index (χ0n) is 9.57. The second-order valence-electron chi connectivity index (χ2n) is 3.57. The molecule has 14 heavy (non-hydrogen) atoms. The quantitative estimate of drug-likeness (QED) is 0.302. The SMILES string of the molecule is CC(C)OC(C)N(C)OC(=N)[C@H](C)N. The summed E-state index contributed by atoms with van der Waals surface area (Å²) < 4.78 is 5.46. The van der Waals surface area contributed by atoms with E-state index in [-0.39, 0.29) is 18.2 Å². The number of hydrogen-bond donors (Lipinski definition) is 2. The first-order chi connectivity index (χ1) is 6.34. The van der Waals surface area contributed by atoms with Crippen LogP contribution in [0.25, 0.3) is 0 Å². The first kappa shape index (κ1) is 13.4. The van der Waals surface area contributed by atoms with Crippen molar-refractivity contribution in [1.82, 2.24) is 5.06 Å². The van der Waals surface area contributed by atoms with E-state index in [2.05, 4.69) is 0 Å². The largest absolute Gasteiger partial charge is 0.387 e. The molecule has 0 spiro atoms. The van der Waals surface area contributed by atoms with Gasteiger partial charge in [-0.25, -0.2) is 0 Å². The number of rotatable bonds is 5. The summed E-state index contributed by atoms with van der Waals surface area (Å²) >= 11 is 0. The fraction of sp³-hybridized carbons (Fsp3) is 0.889. The smallest absolute Gasteiger partial charge is 0.223 e. The van der Waals surface area contributed by atoms with Gasteiger partial charge in [0, 0.05) is 7.05 Å². The minimum Gasteiger partial charge on any atom is -0.387 e. The Morgan fingerprint density at radius 1 is 1.29 bits per heavy atom. The molecule has 0 heterocycles. The molecule has 1 unspecified atom stereocenters. The normalized spacial score (nSPS) is 15.7. The molecule has 0 aliphatic carbocycles. The van der Waals surface area contributed by atoms with E-state index in [0.29, 0.717) is 0 Å². The summed E-state index contributed by atoms with van der Waals surface area (Å²) in [4.78, 5) is 5.14. The molecule has 0 rings (SSSR count). The average Bonchev–Trinajstić information content (AvgIpc) is 2.02. The highest BCUT2D eigenvalue weighted by atomic mass is 16.7. The van der Waals surface area contributed by atoms with E-state index in [1.807, 2.05) is 20.8 Å². The summed E-state index contributed by atoms with van der Waals surface area (Å²) in [5.41, 5.74) is 5.47. The Bertz CT molecular complexity index is 183. The molecule has 0 saturated heterocycles. The minimum absolute atomic E-state index is 0.0340. The lowest BCUT2D eigenvalue weighted by Gasteiger charge is -2.26. The van der Waals surface area contributed by atoms with Gasteiger partial charge in [-0.15, -0.1) is 5.06 Å². The molecule has 0 bridgehead atoms. The van der Waals surface area contributed by atoms with Crippen molar-refractivity contribution in [3.63, 3.8) is 0 Å². The molecule has 84 valence electrons. The lowest BCUT2D eigenvalue weighted by Crippen LogP contribution is -2.39. The van der Waals surface area contributed by atoms with E-state index in [4.69, 9.17) is 20.7 Å². The van der Waals surface area contributed by atoms with Gasteiger partial charge in [0.1, 0.15) is 6.23 Å². The van der Waals surface area contributed by atoms with Gasteiger partial charge >= 0.3 is 0 Å². The van der Waals surface area contributed by atoms with Crippen LogP contribution in [0.2, 0.25) is 0 Å². The van der Waals surface area contributed by atoms with Gasteiger partial charge in [0.15, 0.2) is 0 Å². The van der Waals surface area contributed by atoms with Crippen LogP contribution in [0.15, 0.2) is 0 Å². The Balaban J connectivity index is 3.94. The Labute approximate surface area is 85.6 Å². The van der Waals surface area contributed by atoms with E-state index in [1.54, 1.807) is 14.0 Å². The van der Waals surface area contributed by atoms with Gasteiger partial charge in [-0.05, 0) is 27.7 Å². The van der Waals surface area contributed by atoms with Gasteiger partial charge in [-0.3, -0.25) is 5.41 Å². The van der Waals surface area contributed by atoms with Crippen molar-refractivity contribution in [2.75, 3.05) is 7.05 Å². The fourth-order valence-corrected chi connectivity index (χ4v) is 0.792. The fourth-order valence-electron chi connectivity index (χ4n) is 0.792. The van der Waals surface area contributed by atoms with Crippen LogP contribution >= 0.6 is 0 Å². The van der Waals surface area contributed by atoms with Crippen LogP contribution in [-0.4, -0.2) is 36.4 Å². The van der Waals surface area contributed by atoms with Crippen LogP contribution in [0.4, 0.5) is 0 Å². The van der Waals surface area contributed by atoms with Crippen LogP contribution in [-0.2, 0) is 9.57 Å². The highest BCUT2D eigenvalue weighted by Crippen LogP contribution is 2.03. The van der Waals surface area contributed by atoms with Gasteiger partial charge < -0.3 is 15.3 Å². The van der Waals surface area contributed by atoms with Crippen molar-refractivity contribution in [2.45, 2.75) is 46.1 Å². The second-order valence-corrected chi connectivity index (χ2v) is 3.57. The molecule has 3 N–H and O–H groups in total. The molecule has 2 atom stereocenters. The lowest BCUT2D eigenvalue weighted by molar-refractivity contribution is -0.194. The van der Waals surface area contributed by atoms with Crippen LogP contribution in [0.1, 0.15) is 27.7 Å². The van der Waals surface area contributed by atoms with Gasteiger partial charge in [0.2, 0.25) is 5.90 Å². The summed E-state index contributed by atoms with van der Waals surface area (Å²) in [7, 11) is 1.71. The molecule has 0 saturated carbocycles. The number of ether oxygens (including phenoxy) is 1. The van der Waals surface area contributed by atoms with E-state index in [1.165, 1.54) is 5.06 Å². The Kier molecular flexibility index (Phi) is 5.68. The monoisotopic (exact) mass is 203 g/mol. The molecular formula is C9H21N3O2. The molecule has 5 nitrogen and oxygen atoms in total. The van der Waals surface area contributed by atoms with Gasteiger partial charge in [-0.1, -0.05) is 0 Å². The third-order valence-corrected chi connectivity index (χ3v) is 1.64. The number of nitrogens with two attached hydrogens (primary N) is 1. The summed E-state index contributed by atoms with van der Waals surface area (Å²) in [5, 5.41) is 8.88. The molecule has 0 aliphatic rings. The lowest BCUT2D eigenvalue weighted by atomic mass is 10.4. The predicted octanol–water partition coefficient (Wildman–Crippen LogP) is 0.945. The van der Waals surface area contributed by atoms with Crippen molar-refractivity contribution in [3.8, 4) is 0 Å². The molecular weight excluding hydrogens is 182 g/mol. The zero-order chi connectivity index (χ0) is 11.3. The summed E-state index contributed by atoms with van der Waals surface area (Å²) in [6.07, 6.45) is -0.0744. The summed E-state index contributed by atoms with van der Waals surface area (Å²) in [6.45, 7) is 7.45. The highest BCUT2D eigenvalue weighted by molar-refractivity contribution is 5.77. The Morgan fingerprint density at radius 2 is 1.79 bits per heavy atom. The van der Waals surface area contributed by atoms with E-state index in [9.17, 15) is 0 Å². The topological polar surface area (TPSA) is 71.6 Å². The van der Waals surface area contributed by atoms with Crippen molar-refractivity contribution >= 4 is 5.90 Å². The van der Waals surface area contributed by atoms with E-state index >= 15 is 0 Å². The summed E-state index contributed by atoms with van der Waals surface area (Å²) in [5.74, 6) is 0.0340. The Morgan fingerprint density at radius 3 is 2.14 bits per heavy atom. The Hall–Kier alpha value is -0.650. The van der Waals surface area contributed by atoms with Crippen LogP contribution < -0.4 is 5.73 Å². The summed E-state index contributed by atoms with van der Waals surface area (Å²) in [6, 6.07) is -0.399. The van der Waals surface area contributed by atoms with Gasteiger partial charge in [0.05, 0.1) is 12.1 Å². The molecule has 0 radical (unpaired) electrons. The number of hydroxylamine groups is 2. The van der Waals surface area contributed by atoms with Crippen LogP contribution in [0, 0.1) is 5.41 Å². The van der Waals surface area contributed by atoms with Gasteiger partial charge in [-0.2, -0.15) is 0 Å². The molecule has 0 aromatic rings.